The maximum atomic E-state index is 12.2. The van der Waals surface area contributed by atoms with Gasteiger partial charge in [0.25, 0.3) is 5.91 Å². The smallest absolute Gasteiger partial charge is 0.267 e. The minimum absolute atomic E-state index is 0.141. The number of aromatic nitrogens is 1. The van der Waals surface area contributed by atoms with E-state index in [2.05, 4.69) is 15.6 Å². The number of thiazole rings is 1. The number of carbonyl (C=O) groups excluding carboxylic acids is 2. The number of ether oxygens (including phenoxy) is 1. The van der Waals surface area contributed by atoms with E-state index in [-0.39, 0.29) is 18.2 Å². The Hall–Kier alpha value is -3.23. The Morgan fingerprint density at radius 1 is 1.00 bits per heavy atom. The molecule has 2 N–H and O–H groups in total. The molecule has 0 saturated heterocycles. The number of hydrogen-bond acceptors (Lipinski definition) is 6. The number of nitrogens with one attached hydrogen (secondary N) is 2. The molecule has 2 aromatic carbocycles. The van der Waals surface area contributed by atoms with Gasteiger partial charge in [-0.25, -0.2) is 4.98 Å². The highest BCUT2D eigenvalue weighted by Gasteiger charge is 2.12. The van der Waals surface area contributed by atoms with Gasteiger partial charge in [0.15, 0.2) is 5.13 Å². The molecule has 4 aromatic rings. The van der Waals surface area contributed by atoms with Gasteiger partial charge in [0, 0.05) is 10.8 Å². The lowest BCUT2D eigenvalue weighted by atomic mass is 10.1. The van der Waals surface area contributed by atoms with Gasteiger partial charge in [-0.15, -0.1) is 22.7 Å². The fraction of sp³-hybridized carbons (Fsp3) is 0.136. The molecule has 0 unspecified atom stereocenters. The third kappa shape index (κ3) is 5.03. The molecule has 0 saturated carbocycles. The number of anilines is 1. The molecule has 0 fully saturated rings. The van der Waals surface area contributed by atoms with Crippen molar-refractivity contribution in [2.24, 2.45) is 0 Å². The van der Waals surface area contributed by atoms with E-state index in [9.17, 15) is 9.59 Å². The van der Waals surface area contributed by atoms with Crippen molar-refractivity contribution >= 4 is 50.4 Å². The van der Waals surface area contributed by atoms with Crippen LogP contribution in [0.5, 0.6) is 5.75 Å². The van der Waals surface area contributed by atoms with E-state index in [1.54, 1.807) is 11.4 Å². The molecular weight excluding hydrogens is 418 g/mol. The van der Waals surface area contributed by atoms with Crippen LogP contribution in [0.2, 0.25) is 0 Å². The number of nitrogens with zero attached hydrogens (tertiary/aromatic N) is 1. The van der Waals surface area contributed by atoms with E-state index in [0.29, 0.717) is 28.9 Å². The van der Waals surface area contributed by atoms with E-state index < -0.39 is 0 Å². The fourth-order valence-corrected chi connectivity index (χ4v) is 4.24. The summed E-state index contributed by atoms with van der Waals surface area (Å²) >= 11 is 2.67. The molecule has 0 bridgehead atoms. The van der Waals surface area contributed by atoms with Crippen LogP contribution in [-0.4, -0.2) is 29.9 Å². The van der Waals surface area contributed by atoms with Crippen LogP contribution < -0.4 is 15.4 Å². The average molecular weight is 438 g/mol. The highest BCUT2D eigenvalue weighted by molar-refractivity contribution is 7.14. The maximum Gasteiger partial charge on any atom is 0.267 e. The number of thiophene rings is 1. The molecule has 0 atom stereocenters. The quantitative estimate of drug-likeness (QED) is 0.402. The first-order chi connectivity index (χ1) is 14.7. The van der Waals surface area contributed by atoms with E-state index >= 15 is 0 Å². The highest BCUT2D eigenvalue weighted by Crippen LogP contribution is 2.25. The molecular formula is C22H19N3O3S2. The van der Waals surface area contributed by atoms with Crippen molar-refractivity contribution in [3.8, 4) is 5.75 Å². The Balaban J connectivity index is 1.22. The first-order valence-electron chi connectivity index (χ1n) is 9.35. The summed E-state index contributed by atoms with van der Waals surface area (Å²) in [6.45, 7) is 0.771. The third-order valence-corrected chi connectivity index (χ3v) is 5.97. The van der Waals surface area contributed by atoms with Crippen LogP contribution in [0.1, 0.15) is 15.4 Å². The minimum Gasteiger partial charge on any atom is -0.491 e. The Labute approximate surface area is 181 Å². The van der Waals surface area contributed by atoms with Crippen LogP contribution in [0, 0.1) is 0 Å². The SMILES string of the molecule is O=C(Cc1csc(NC(=O)c2cccs2)n1)NCCOc1cccc2ccccc12. The topological polar surface area (TPSA) is 80.3 Å². The van der Waals surface area contributed by atoms with Crippen molar-refractivity contribution in [2.45, 2.75) is 6.42 Å². The largest absolute Gasteiger partial charge is 0.491 e. The van der Waals surface area contributed by atoms with Crippen molar-refractivity contribution in [1.82, 2.24) is 10.3 Å². The van der Waals surface area contributed by atoms with Gasteiger partial charge in [-0.1, -0.05) is 42.5 Å². The molecule has 152 valence electrons. The zero-order valence-electron chi connectivity index (χ0n) is 16.0. The number of amides is 2. The molecule has 2 amide bonds. The summed E-state index contributed by atoms with van der Waals surface area (Å²) in [6.07, 6.45) is 0.152. The Morgan fingerprint density at radius 3 is 2.73 bits per heavy atom. The molecule has 30 heavy (non-hydrogen) atoms. The lowest BCUT2D eigenvalue weighted by Gasteiger charge is -2.10. The van der Waals surface area contributed by atoms with E-state index in [4.69, 9.17) is 4.74 Å². The van der Waals surface area contributed by atoms with Gasteiger partial charge in [-0.3, -0.25) is 14.9 Å². The zero-order valence-corrected chi connectivity index (χ0v) is 17.6. The first-order valence-corrected chi connectivity index (χ1v) is 11.1. The Morgan fingerprint density at radius 2 is 1.87 bits per heavy atom. The summed E-state index contributed by atoms with van der Waals surface area (Å²) < 4.78 is 5.83. The molecule has 0 aliphatic carbocycles. The van der Waals surface area contributed by atoms with Crippen LogP contribution in [0.3, 0.4) is 0 Å². The number of hydrogen-bond donors (Lipinski definition) is 2. The zero-order chi connectivity index (χ0) is 20.8. The molecule has 0 radical (unpaired) electrons. The van der Waals surface area contributed by atoms with Crippen molar-refractivity contribution < 1.29 is 14.3 Å². The highest BCUT2D eigenvalue weighted by atomic mass is 32.1. The van der Waals surface area contributed by atoms with Crippen LogP contribution in [0.4, 0.5) is 5.13 Å². The van der Waals surface area contributed by atoms with Gasteiger partial charge < -0.3 is 10.1 Å². The Bertz CT molecular complexity index is 1150. The van der Waals surface area contributed by atoms with Crippen molar-refractivity contribution in [1.29, 1.82) is 0 Å². The van der Waals surface area contributed by atoms with Crippen LogP contribution in [0.25, 0.3) is 10.8 Å². The molecule has 0 spiro atoms. The number of fused-ring (bicyclic) bond motifs is 1. The average Bonchev–Trinajstić information content (AvgIpc) is 3.44. The lowest BCUT2D eigenvalue weighted by Crippen LogP contribution is -2.29. The van der Waals surface area contributed by atoms with Crippen molar-refractivity contribution in [3.05, 3.63) is 75.9 Å². The third-order valence-electron chi connectivity index (χ3n) is 4.29. The number of rotatable bonds is 8. The second-order valence-corrected chi connectivity index (χ2v) is 8.23. The second kappa shape index (κ2) is 9.51. The van der Waals surface area contributed by atoms with E-state index in [0.717, 1.165) is 16.5 Å². The summed E-state index contributed by atoms with van der Waals surface area (Å²) in [6, 6.07) is 17.5. The summed E-state index contributed by atoms with van der Waals surface area (Å²) in [7, 11) is 0. The van der Waals surface area contributed by atoms with Gasteiger partial charge in [-0.05, 0) is 22.9 Å². The predicted octanol–water partition coefficient (Wildman–Crippen LogP) is 4.35. The molecule has 0 aliphatic heterocycles. The summed E-state index contributed by atoms with van der Waals surface area (Å²) in [4.78, 5) is 29.1. The molecule has 0 aliphatic rings. The van der Waals surface area contributed by atoms with Crippen LogP contribution in [0.15, 0.2) is 65.4 Å². The maximum absolute atomic E-state index is 12.2. The van der Waals surface area contributed by atoms with Gasteiger partial charge in [0.2, 0.25) is 5.91 Å². The summed E-state index contributed by atoms with van der Waals surface area (Å²) in [5.74, 6) is 0.465. The van der Waals surface area contributed by atoms with Gasteiger partial charge in [-0.2, -0.15) is 0 Å². The summed E-state index contributed by atoms with van der Waals surface area (Å²) in [5, 5.41) is 11.8. The van der Waals surface area contributed by atoms with Gasteiger partial charge in [0.1, 0.15) is 12.4 Å². The fourth-order valence-electron chi connectivity index (χ4n) is 2.91. The lowest BCUT2D eigenvalue weighted by molar-refractivity contribution is -0.120. The normalized spacial score (nSPS) is 10.7. The molecule has 6 nitrogen and oxygen atoms in total. The van der Waals surface area contributed by atoms with Gasteiger partial charge >= 0.3 is 0 Å². The first kappa shape index (κ1) is 20.1. The Kier molecular flexibility index (Phi) is 6.36. The summed E-state index contributed by atoms with van der Waals surface area (Å²) in [5.41, 5.74) is 0.619. The van der Waals surface area contributed by atoms with Crippen LogP contribution >= 0.6 is 22.7 Å². The molecule has 2 heterocycles. The minimum atomic E-state index is -0.194. The number of carbonyl (C=O) groups is 2. The predicted molar refractivity (Wildman–Crippen MR) is 121 cm³/mol. The van der Waals surface area contributed by atoms with Crippen molar-refractivity contribution in [3.63, 3.8) is 0 Å². The molecule has 4 rings (SSSR count). The molecule has 2 aromatic heterocycles. The van der Waals surface area contributed by atoms with E-state index in [1.807, 2.05) is 53.9 Å². The number of benzene rings is 2. The van der Waals surface area contributed by atoms with Crippen molar-refractivity contribution in [2.75, 3.05) is 18.5 Å². The van der Waals surface area contributed by atoms with Gasteiger partial charge in [0.05, 0.1) is 23.5 Å². The molecule has 8 heteroatoms. The monoisotopic (exact) mass is 437 g/mol. The second-order valence-electron chi connectivity index (χ2n) is 6.43. The standard InChI is InChI=1S/C22H19N3O3S2/c26-20(13-16-14-30-22(24-16)25-21(27)19-9-4-12-29-19)23-10-11-28-18-8-3-6-15-5-1-2-7-17(15)18/h1-9,12,14H,10-11,13H2,(H,23,26)(H,24,25,27). The van der Waals surface area contributed by atoms with Crippen LogP contribution in [-0.2, 0) is 11.2 Å². The van der Waals surface area contributed by atoms with E-state index in [1.165, 1.54) is 22.7 Å².